The van der Waals surface area contributed by atoms with Gasteiger partial charge in [0.2, 0.25) is 0 Å². The van der Waals surface area contributed by atoms with E-state index >= 15 is 0 Å². The molecule has 1 N–H and O–H groups in total. The number of nitrogens with zero attached hydrogens (tertiary/aromatic N) is 2. The highest BCUT2D eigenvalue weighted by Gasteiger charge is 2.13. The lowest BCUT2D eigenvalue weighted by molar-refractivity contribution is -0.118. The van der Waals surface area contributed by atoms with Gasteiger partial charge in [-0.15, -0.1) is 0 Å². The van der Waals surface area contributed by atoms with Crippen molar-refractivity contribution in [2.24, 2.45) is 7.05 Å². The zero-order valence-electron chi connectivity index (χ0n) is 8.24. The lowest BCUT2D eigenvalue weighted by atomic mass is 10.1. The van der Waals surface area contributed by atoms with E-state index in [1.807, 2.05) is 11.6 Å². The fourth-order valence-corrected chi connectivity index (χ4v) is 1.24. The SMILES string of the molecule is CN[C@@H](Cc1cncn1C)C(C)=O. The summed E-state index contributed by atoms with van der Waals surface area (Å²) in [5.41, 5.74) is 1.06. The molecule has 0 aliphatic rings. The van der Waals surface area contributed by atoms with Crippen molar-refractivity contribution < 1.29 is 4.79 Å². The number of aromatic nitrogens is 2. The predicted octanol–water partition coefficient (Wildman–Crippen LogP) is 0.140. The number of rotatable bonds is 4. The number of nitrogens with one attached hydrogen (secondary N) is 1. The summed E-state index contributed by atoms with van der Waals surface area (Å²) in [6.07, 6.45) is 4.22. The Morgan fingerprint density at radius 2 is 2.46 bits per heavy atom. The van der Waals surface area contributed by atoms with Crippen LogP contribution in [0, 0.1) is 0 Å². The minimum Gasteiger partial charge on any atom is -0.338 e. The van der Waals surface area contributed by atoms with E-state index in [1.54, 1.807) is 26.5 Å². The number of hydrogen-bond donors (Lipinski definition) is 1. The van der Waals surface area contributed by atoms with E-state index < -0.39 is 0 Å². The Labute approximate surface area is 78.0 Å². The molecule has 0 fully saturated rings. The van der Waals surface area contributed by atoms with E-state index in [1.165, 1.54) is 0 Å². The molecule has 0 saturated carbocycles. The molecule has 0 radical (unpaired) electrons. The topological polar surface area (TPSA) is 46.9 Å². The van der Waals surface area contributed by atoms with E-state index in [9.17, 15) is 4.79 Å². The van der Waals surface area contributed by atoms with Gasteiger partial charge >= 0.3 is 0 Å². The molecule has 0 aliphatic heterocycles. The van der Waals surface area contributed by atoms with Crippen LogP contribution in [0.2, 0.25) is 0 Å². The fourth-order valence-electron chi connectivity index (χ4n) is 1.24. The summed E-state index contributed by atoms with van der Waals surface area (Å²) in [7, 11) is 3.72. The van der Waals surface area contributed by atoms with Gasteiger partial charge in [0.25, 0.3) is 0 Å². The summed E-state index contributed by atoms with van der Waals surface area (Å²) >= 11 is 0. The van der Waals surface area contributed by atoms with Gasteiger partial charge in [-0.3, -0.25) is 4.79 Å². The van der Waals surface area contributed by atoms with Crippen molar-refractivity contribution in [1.29, 1.82) is 0 Å². The Bertz CT molecular complexity index is 293. The summed E-state index contributed by atoms with van der Waals surface area (Å²) in [6, 6.07) is -0.101. The van der Waals surface area contributed by atoms with Crippen LogP contribution in [0.25, 0.3) is 0 Å². The van der Waals surface area contributed by atoms with Gasteiger partial charge in [-0.25, -0.2) is 4.98 Å². The molecule has 0 aromatic carbocycles. The van der Waals surface area contributed by atoms with Gasteiger partial charge in [0, 0.05) is 25.4 Å². The van der Waals surface area contributed by atoms with Gasteiger partial charge in [0.15, 0.2) is 0 Å². The summed E-state index contributed by atoms with van der Waals surface area (Å²) in [4.78, 5) is 15.1. The van der Waals surface area contributed by atoms with E-state index in [4.69, 9.17) is 0 Å². The quantitative estimate of drug-likeness (QED) is 0.718. The molecule has 1 aromatic heterocycles. The maximum Gasteiger partial charge on any atom is 0.147 e. The van der Waals surface area contributed by atoms with Gasteiger partial charge < -0.3 is 9.88 Å². The molecule has 13 heavy (non-hydrogen) atoms. The molecule has 0 aliphatic carbocycles. The van der Waals surface area contributed by atoms with Gasteiger partial charge in [-0.05, 0) is 14.0 Å². The van der Waals surface area contributed by atoms with Crippen LogP contribution in [0.1, 0.15) is 12.6 Å². The van der Waals surface area contributed by atoms with Crippen molar-refractivity contribution in [2.75, 3.05) is 7.05 Å². The Hall–Kier alpha value is -1.16. The molecule has 4 nitrogen and oxygen atoms in total. The molecule has 1 rings (SSSR count). The first-order valence-electron chi connectivity index (χ1n) is 4.28. The van der Waals surface area contributed by atoms with Crippen LogP contribution in [-0.2, 0) is 18.3 Å². The van der Waals surface area contributed by atoms with Crippen LogP contribution in [0.3, 0.4) is 0 Å². The van der Waals surface area contributed by atoms with Crippen LogP contribution in [0.15, 0.2) is 12.5 Å². The zero-order chi connectivity index (χ0) is 9.84. The van der Waals surface area contributed by atoms with Crippen LogP contribution in [-0.4, -0.2) is 28.4 Å². The minimum atomic E-state index is -0.101. The van der Waals surface area contributed by atoms with E-state index in [0.29, 0.717) is 6.42 Å². The second-order valence-electron chi connectivity index (χ2n) is 3.15. The van der Waals surface area contributed by atoms with Crippen LogP contribution in [0.5, 0.6) is 0 Å². The zero-order valence-corrected chi connectivity index (χ0v) is 8.24. The molecule has 4 heteroatoms. The summed E-state index contributed by atoms with van der Waals surface area (Å²) < 4.78 is 1.92. The maximum atomic E-state index is 11.1. The highest BCUT2D eigenvalue weighted by molar-refractivity contribution is 5.81. The second kappa shape index (κ2) is 4.18. The van der Waals surface area contributed by atoms with Crippen molar-refractivity contribution >= 4 is 5.78 Å². The highest BCUT2D eigenvalue weighted by atomic mass is 16.1. The molecule has 1 aromatic rings. The first-order valence-corrected chi connectivity index (χ1v) is 4.28. The highest BCUT2D eigenvalue weighted by Crippen LogP contribution is 2.01. The minimum absolute atomic E-state index is 0.101. The van der Waals surface area contributed by atoms with Gasteiger partial charge in [0.05, 0.1) is 12.4 Å². The normalized spacial score (nSPS) is 12.8. The first-order chi connectivity index (χ1) is 6.15. The Balaban J connectivity index is 2.67. The van der Waals surface area contributed by atoms with Gasteiger partial charge in [-0.1, -0.05) is 0 Å². The maximum absolute atomic E-state index is 11.1. The van der Waals surface area contributed by atoms with Crippen molar-refractivity contribution in [2.45, 2.75) is 19.4 Å². The molecule has 0 amide bonds. The third-order valence-corrected chi connectivity index (χ3v) is 2.17. The lowest BCUT2D eigenvalue weighted by Crippen LogP contribution is -2.34. The van der Waals surface area contributed by atoms with E-state index in [2.05, 4.69) is 10.3 Å². The number of ketones is 1. The molecule has 0 bridgehead atoms. The Morgan fingerprint density at radius 1 is 1.77 bits per heavy atom. The van der Waals surface area contributed by atoms with Crippen molar-refractivity contribution in [3.63, 3.8) is 0 Å². The van der Waals surface area contributed by atoms with Crippen molar-refractivity contribution in [1.82, 2.24) is 14.9 Å². The number of carbonyl (C=O) groups is 1. The lowest BCUT2D eigenvalue weighted by Gasteiger charge is -2.12. The Kier molecular flexibility index (Phi) is 3.19. The molecule has 0 unspecified atom stereocenters. The predicted molar refractivity (Wildman–Crippen MR) is 50.4 cm³/mol. The number of likely N-dealkylation sites (N-methyl/N-ethyl adjacent to an activating group) is 1. The number of carbonyl (C=O) groups excluding carboxylic acids is 1. The standard InChI is InChI=1S/C9H15N3O/c1-7(13)9(10-2)4-8-5-11-6-12(8)3/h5-6,9-10H,4H2,1-3H3/t9-/m0/s1. The second-order valence-corrected chi connectivity index (χ2v) is 3.15. The molecule has 0 saturated heterocycles. The molecule has 1 heterocycles. The molecule has 0 spiro atoms. The smallest absolute Gasteiger partial charge is 0.147 e. The van der Waals surface area contributed by atoms with Crippen molar-refractivity contribution in [3.8, 4) is 0 Å². The molecule has 72 valence electrons. The number of aryl methyl sites for hydroxylation is 1. The van der Waals surface area contributed by atoms with Gasteiger partial charge in [-0.2, -0.15) is 0 Å². The fraction of sp³-hybridized carbons (Fsp3) is 0.556. The van der Waals surface area contributed by atoms with Gasteiger partial charge in [0.1, 0.15) is 5.78 Å². The molecular formula is C9H15N3O. The largest absolute Gasteiger partial charge is 0.338 e. The summed E-state index contributed by atoms with van der Waals surface area (Å²) in [6.45, 7) is 1.59. The number of imidazole rings is 1. The summed E-state index contributed by atoms with van der Waals surface area (Å²) in [5.74, 6) is 0.156. The van der Waals surface area contributed by atoms with Crippen LogP contribution >= 0.6 is 0 Å². The third-order valence-electron chi connectivity index (χ3n) is 2.17. The number of Topliss-reactive ketones (excluding diaryl/α,β-unsaturated/α-hetero) is 1. The van der Waals surface area contributed by atoms with Crippen molar-refractivity contribution in [3.05, 3.63) is 18.2 Å². The first kappa shape index (κ1) is 9.92. The average molecular weight is 181 g/mol. The van der Waals surface area contributed by atoms with E-state index in [0.717, 1.165) is 5.69 Å². The molecule has 1 atom stereocenters. The number of hydrogen-bond acceptors (Lipinski definition) is 3. The monoisotopic (exact) mass is 181 g/mol. The summed E-state index contributed by atoms with van der Waals surface area (Å²) in [5, 5.41) is 2.98. The molecular weight excluding hydrogens is 166 g/mol. The van der Waals surface area contributed by atoms with Crippen LogP contribution < -0.4 is 5.32 Å². The third kappa shape index (κ3) is 2.39. The Morgan fingerprint density at radius 3 is 2.85 bits per heavy atom. The average Bonchev–Trinajstić information content (AvgIpc) is 2.46. The van der Waals surface area contributed by atoms with Crippen LogP contribution in [0.4, 0.5) is 0 Å². The van der Waals surface area contributed by atoms with E-state index in [-0.39, 0.29) is 11.8 Å².